The first-order chi connectivity index (χ1) is 7.75. The molecule has 0 N–H and O–H groups in total. The first-order valence-electron chi connectivity index (χ1n) is 4.91. The molecule has 0 saturated heterocycles. The molecule has 2 rings (SSSR count). The molecular weight excluding hydrogens is 332 g/mol. The van der Waals surface area contributed by atoms with Crippen LogP contribution in [0, 0.1) is 0 Å². The molecule has 1 unspecified atom stereocenters. The molecule has 1 aromatic heterocycles. The molecule has 0 aliphatic carbocycles. The van der Waals surface area contributed by atoms with Gasteiger partial charge < -0.3 is 0 Å². The molecule has 0 aliphatic rings. The van der Waals surface area contributed by atoms with E-state index in [2.05, 4.69) is 54.0 Å². The SMILES string of the molecule is Brc1cccc(CC(Br)c2ncccn2)c1. The quantitative estimate of drug-likeness (QED) is 0.791. The molecule has 0 spiro atoms. The van der Waals surface area contributed by atoms with E-state index in [4.69, 9.17) is 0 Å². The van der Waals surface area contributed by atoms with E-state index in [1.54, 1.807) is 12.4 Å². The van der Waals surface area contributed by atoms with Gasteiger partial charge >= 0.3 is 0 Å². The number of alkyl halides is 1. The highest BCUT2D eigenvalue weighted by Gasteiger charge is 2.10. The third-order valence-electron chi connectivity index (χ3n) is 2.17. The van der Waals surface area contributed by atoms with Crippen molar-refractivity contribution in [3.8, 4) is 0 Å². The second-order valence-corrected chi connectivity index (χ2v) is 5.43. The van der Waals surface area contributed by atoms with Crippen LogP contribution in [0.5, 0.6) is 0 Å². The van der Waals surface area contributed by atoms with Gasteiger partial charge in [0, 0.05) is 16.9 Å². The van der Waals surface area contributed by atoms with Crippen LogP contribution in [-0.2, 0) is 6.42 Å². The Kier molecular flexibility index (Phi) is 4.07. The first kappa shape index (κ1) is 11.7. The van der Waals surface area contributed by atoms with Crippen LogP contribution in [0.25, 0.3) is 0 Å². The summed E-state index contributed by atoms with van der Waals surface area (Å²) in [4.78, 5) is 8.61. The molecule has 0 aliphatic heterocycles. The highest BCUT2D eigenvalue weighted by atomic mass is 79.9. The van der Waals surface area contributed by atoms with Crippen molar-refractivity contribution in [3.63, 3.8) is 0 Å². The van der Waals surface area contributed by atoms with Gasteiger partial charge in [-0.15, -0.1) is 0 Å². The molecule has 1 heterocycles. The smallest absolute Gasteiger partial charge is 0.142 e. The van der Waals surface area contributed by atoms with Gasteiger partial charge in [0.1, 0.15) is 5.82 Å². The van der Waals surface area contributed by atoms with Gasteiger partial charge in [-0.1, -0.05) is 44.0 Å². The highest BCUT2D eigenvalue weighted by molar-refractivity contribution is 9.10. The normalized spacial score (nSPS) is 12.4. The van der Waals surface area contributed by atoms with E-state index in [0.717, 1.165) is 16.7 Å². The van der Waals surface area contributed by atoms with Gasteiger partial charge in [0.25, 0.3) is 0 Å². The van der Waals surface area contributed by atoms with Gasteiger partial charge in [0.15, 0.2) is 0 Å². The highest BCUT2D eigenvalue weighted by Crippen LogP contribution is 2.24. The number of rotatable bonds is 3. The van der Waals surface area contributed by atoms with Gasteiger partial charge in [0.05, 0.1) is 4.83 Å². The molecule has 2 nitrogen and oxygen atoms in total. The summed E-state index contributed by atoms with van der Waals surface area (Å²) in [6, 6.07) is 10.1. The molecule has 2 aromatic rings. The Morgan fingerprint density at radius 3 is 2.56 bits per heavy atom. The predicted molar refractivity (Wildman–Crippen MR) is 71.5 cm³/mol. The molecule has 82 valence electrons. The molecule has 0 bridgehead atoms. The minimum absolute atomic E-state index is 0.156. The molecule has 1 aromatic carbocycles. The van der Waals surface area contributed by atoms with Gasteiger partial charge in [-0.05, 0) is 30.2 Å². The van der Waals surface area contributed by atoms with Crippen molar-refractivity contribution in [1.29, 1.82) is 0 Å². The van der Waals surface area contributed by atoms with E-state index in [9.17, 15) is 0 Å². The predicted octanol–water partition coefficient (Wildman–Crippen LogP) is 3.92. The summed E-state index contributed by atoms with van der Waals surface area (Å²) in [6.45, 7) is 0. The number of halogens is 2. The van der Waals surface area contributed by atoms with E-state index < -0.39 is 0 Å². The maximum atomic E-state index is 4.23. The van der Waals surface area contributed by atoms with Gasteiger partial charge in [-0.2, -0.15) is 0 Å². The van der Waals surface area contributed by atoms with Crippen molar-refractivity contribution < 1.29 is 0 Å². The third-order valence-corrected chi connectivity index (χ3v) is 3.40. The molecule has 0 saturated carbocycles. The van der Waals surface area contributed by atoms with Crippen molar-refractivity contribution in [1.82, 2.24) is 9.97 Å². The molecule has 16 heavy (non-hydrogen) atoms. The fourth-order valence-corrected chi connectivity index (χ4v) is 2.49. The molecule has 0 radical (unpaired) electrons. The fourth-order valence-electron chi connectivity index (χ4n) is 1.43. The Labute approximate surface area is 111 Å². The summed E-state index contributed by atoms with van der Waals surface area (Å²) in [5.41, 5.74) is 1.25. The van der Waals surface area contributed by atoms with Gasteiger partial charge in [0.2, 0.25) is 0 Å². The van der Waals surface area contributed by atoms with E-state index in [1.165, 1.54) is 5.56 Å². The van der Waals surface area contributed by atoms with E-state index in [-0.39, 0.29) is 4.83 Å². The van der Waals surface area contributed by atoms with Crippen LogP contribution >= 0.6 is 31.9 Å². The Morgan fingerprint density at radius 2 is 1.88 bits per heavy atom. The summed E-state index contributed by atoms with van der Waals surface area (Å²) < 4.78 is 1.10. The molecule has 1 atom stereocenters. The third kappa shape index (κ3) is 3.12. The van der Waals surface area contributed by atoms with Gasteiger partial charge in [-0.3, -0.25) is 0 Å². The summed E-state index contributed by atoms with van der Waals surface area (Å²) >= 11 is 7.07. The number of hydrogen-bond acceptors (Lipinski definition) is 2. The van der Waals surface area contributed by atoms with Crippen LogP contribution in [-0.4, -0.2) is 9.97 Å². The lowest BCUT2D eigenvalue weighted by atomic mass is 10.1. The first-order valence-corrected chi connectivity index (χ1v) is 6.62. The van der Waals surface area contributed by atoms with Crippen LogP contribution in [0.3, 0.4) is 0 Å². The van der Waals surface area contributed by atoms with Crippen LogP contribution < -0.4 is 0 Å². The Balaban J connectivity index is 2.11. The molecular formula is C12H10Br2N2. The minimum Gasteiger partial charge on any atom is -0.240 e. The van der Waals surface area contributed by atoms with Gasteiger partial charge in [-0.25, -0.2) is 9.97 Å². The van der Waals surface area contributed by atoms with Crippen molar-refractivity contribution in [2.24, 2.45) is 0 Å². The largest absolute Gasteiger partial charge is 0.240 e. The van der Waals surface area contributed by atoms with Crippen LogP contribution in [0.2, 0.25) is 0 Å². The van der Waals surface area contributed by atoms with E-state index in [1.807, 2.05) is 18.2 Å². The van der Waals surface area contributed by atoms with Crippen molar-refractivity contribution >= 4 is 31.9 Å². The summed E-state index contributed by atoms with van der Waals surface area (Å²) in [5.74, 6) is 0.822. The fraction of sp³-hybridized carbons (Fsp3) is 0.167. The number of nitrogens with zero attached hydrogens (tertiary/aromatic N) is 2. The number of benzene rings is 1. The molecule has 0 fully saturated rings. The standard InChI is InChI=1S/C12H10Br2N2/c13-10-4-1-3-9(7-10)8-11(14)12-15-5-2-6-16-12/h1-7,11H,8H2. The average Bonchev–Trinajstić information content (AvgIpc) is 2.30. The second kappa shape index (κ2) is 5.55. The maximum absolute atomic E-state index is 4.23. The second-order valence-electron chi connectivity index (χ2n) is 3.41. The van der Waals surface area contributed by atoms with Crippen molar-refractivity contribution in [2.45, 2.75) is 11.2 Å². The van der Waals surface area contributed by atoms with Crippen LogP contribution in [0.4, 0.5) is 0 Å². The van der Waals surface area contributed by atoms with E-state index >= 15 is 0 Å². The Bertz CT molecular complexity index is 460. The summed E-state index contributed by atoms with van der Waals surface area (Å²) in [6.07, 6.45) is 4.40. The number of aromatic nitrogens is 2. The number of hydrogen-bond donors (Lipinski definition) is 0. The Hall–Kier alpha value is -0.740. The Morgan fingerprint density at radius 1 is 1.12 bits per heavy atom. The maximum Gasteiger partial charge on any atom is 0.142 e. The molecule has 4 heteroatoms. The zero-order valence-electron chi connectivity index (χ0n) is 8.48. The topological polar surface area (TPSA) is 25.8 Å². The zero-order chi connectivity index (χ0) is 11.4. The lowest BCUT2D eigenvalue weighted by Gasteiger charge is -2.08. The van der Waals surface area contributed by atoms with E-state index in [0.29, 0.717) is 0 Å². The average molecular weight is 342 g/mol. The van der Waals surface area contributed by atoms with Crippen molar-refractivity contribution in [2.75, 3.05) is 0 Å². The lowest BCUT2D eigenvalue weighted by Crippen LogP contribution is -2.00. The van der Waals surface area contributed by atoms with Crippen molar-refractivity contribution in [3.05, 3.63) is 58.6 Å². The minimum atomic E-state index is 0.156. The van der Waals surface area contributed by atoms with Crippen LogP contribution in [0.1, 0.15) is 16.2 Å². The lowest BCUT2D eigenvalue weighted by molar-refractivity contribution is 0.848. The summed E-state index contributed by atoms with van der Waals surface area (Å²) in [7, 11) is 0. The zero-order valence-corrected chi connectivity index (χ0v) is 11.6. The monoisotopic (exact) mass is 340 g/mol. The molecule has 0 amide bonds. The summed E-state index contributed by atoms with van der Waals surface area (Å²) in [5, 5.41) is 0. The van der Waals surface area contributed by atoms with Crippen LogP contribution in [0.15, 0.2) is 47.2 Å².